The van der Waals surface area contributed by atoms with Crippen LogP contribution in [-0.2, 0) is 13.5 Å². The molecule has 10 nitrogen and oxygen atoms in total. The molecule has 0 spiro atoms. The highest BCUT2D eigenvalue weighted by Crippen LogP contribution is 2.42. The molecule has 1 aliphatic rings. The second-order valence-corrected chi connectivity index (χ2v) is 9.33. The molecule has 10 heteroatoms. The number of amides is 1. The number of para-hydroxylation sites is 3. The minimum atomic E-state index is -0.646. The van der Waals surface area contributed by atoms with Gasteiger partial charge in [-0.3, -0.25) is 14.2 Å². The van der Waals surface area contributed by atoms with E-state index in [0.717, 1.165) is 16.7 Å². The van der Waals surface area contributed by atoms with Crippen LogP contribution in [0.4, 0.5) is 5.95 Å². The zero-order chi connectivity index (χ0) is 27.3. The zero-order valence-electron chi connectivity index (χ0n) is 21.3. The quantitative estimate of drug-likeness (QED) is 0.357. The first kappa shape index (κ1) is 24.2. The van der Waals surface area contributed by atoms with Crippen molar-refractivity contribution < 1.29 is 19.1 Å². The number of nitrogens with two attached hydrogens (primary N) is 1. The Balaban J connectivity index is 1.59. The third kappa shape index (κ3) is 3.97. The van der Waals surface area contributed by atoms with E-state index in [9.17, 15) is 14.7 Å². The molecule has 1 atom stereocenters. The number of aromatic hydroxyl groups is 1. The van der Waals surface area contributed by atoms with Gasteiger partial charge in [0.05, 0.1) is 13.2 Å². The van der Waals surface area contributed by atoms with Crippen LogP contribution in [0.1, 0.15) is 33.1 Å². The molecule has 3 heterocycles. The average Bonchev–Trinajstić information content (AvgIpc) is 3.39. The molecule has 1 aliphatic heterocycles. The van der Waals surface area contributed by atoms with Gasteiger partial charge in [0.15, 0.2) is 11.3 Å². The minimum absolute atomic E-state index is 0.0370. The Morgan fingerprint density at radius 1 is 1.08 bits per heavy atom. The first-order valence-electron chi connectivity index (χ1n) is 12.4. The standard InChI is InChI=1S/C29H25N5O5/c1-33-28(37)25(35)23(27-31-20-8-4-6-10-22(20)39-27)32-29(33)34-14-13-16-11-12-17(26(30)36)15-19(16)24(34)18-7-3-5-9-21(18)38-2/h3-12,15,24,35H,13-14H2,1-2H3,(H2,30,36). The highest BCUT2D eigenvalue weighted by atomic mass is 16.5. The molecule has 0 saturated heterocycles. The third-order valence-electron chi connectivity index (χ3n) is 7.09. The number of nitrogens with zero attached hydrogens (tertiary/aromatic N) is 4. The molecule has 0 bridgehead atoms. The molecule has 6 rings (SSSR count). The lowest BCUT2D eigenvalue weighted by Crippen LogP contribution is -2.40. The fourth-order valence-electron chi connectivity index (χ4n) is 5.17. The number of methoxy groups -OCH3 is 1. The maximum atomic E-state index is 13.3. The van der Waals surface area contributed by atoms with Gasteiger partial charge in [-0.2, -0.15) is 0 Å². The summed E-state index contributed by atoms with van der Waals surface area (Å²) < 4.78 is 12.8. The van der Waals surface area contributed by atoms with Gasteiger partial charge in [0.25, 0.3) is 11.4 Å². The Morgan fingerprint density at radius 3 is 2.62 bits per heavy atom. The van der Waals surface area contributed by atoms with E-state index >= 15 is 0 Å². The Kier molecular flexibility index (Phi) is 5.79. The van der Waals surface area contributed by atoms with Crippen LogP contribution in [0.3, 0.4) is 0 Å². The van der Waals surface area contributed by atoms with Gasteiger partial charge in [0, 0.05) is 24.7 Å². The Bertz CT molecular complexity index is 1780. The molecule has 0 radical (unpaired) electrons. The van der Waals surface area contributed by atoms with E-state index in [-0.39, 0.29) is 11.6 Å². The fourth-order valence-corrected chi connectivity index (χ4v) is 5.17. The summed E-state index contributed by atoms with van der Waals surface area (Å²) in [5, 5.41) is 10.8. The third-order valence-corrected chi connectivity index (χ3v) is 7.09. The second-order valence-electron chi connectivity index (χ2n) is 9.33. The predicted molar refractivity (Wildman–Crippen MR) is 145 cm³/mol. The van der Waals surface area contributed by atoms with Crippen LogP contribution < -0.4 is 20.9 Å². The molecular formula is C29H25N5O5. The molecule has 2 aromatic heterocycles. The molecule has 1 amide bonds. The van der Waals surface area contributed by atoms with Gasteiger partial charge in [-0.05, 0) is 47.9 Å². The number of primary amides is 1. The highest BCUT2D eigenvalue weighted by Gasteiger charge is 2.35. The number of hydrogen-bond acceptors (Lipinski definition) is 8. The number of hydrogen-bond donors (Lipinski definition) is 2. The summed E-state index contributed by atoms with van der Waals surface area (Å²) in [6.45, 7) is 0.490. The van der Waals surface area contributed by atoms with E-state index in [0.29, 0.717) is 41.3 Å². The van der Waals surface area contributed by atoms with E-state index in [4.69, 9.17) is 19.9 Å². The van der Waals surface area contributed by atoms with E-state index in [1.54, 1.807) is 38.4 Å². The number of oxazole rings is 1. The van der Waals surface area contributed by atoms with Crippen LogP contribution >= 0.6 is 0 Å². The normalized spacial score (nSPS) is 14.8. The number of fused-ring (bicyclic) bond motifs is 2. The molecular weight excluding hydrogens is 498 g/mol. The van der Waals surface area contributed by atoms with Crippen molar-refractivity contribution in [2.24, 2.45) is 12.8 Å². The van der Waals surface area contributed by atoms with Gasteiger partial charge in [-0.25, -0.2) is 9.97 Å². The maximum Gasteiger partial charge on any atom is 0.297 e. The molecule has 3 N–H and O–H groups in total. The topological polar surface area (TPSA) is 137 Å². The summed E-state index contributed by atoms with van der Waals surface area (Å²) in [6.07, 6.45) is 0.620. The summed E-state index contributed by atoms with van der Waals surface area (Å²) in [7, 11) is 3.14. The Hall–Kier alpha value is -5.12. The Morgan fingerprint density at radius 2 is 1.85 bits per heavy atom. The Labute approximate surface area is 222 Å². The molecule has 0 fully saturated rings. The fraction of sp³-hybridized carbons (Fsp3) is 0.172. The van der Waals surface area contributed by atoms with Crippen molar-refractivity contribution in [1.29, 1.82) is 0 Å². The lowest BCUT2D eigenvalue weighted by Gasteiger charge is -2.39. The SMILES string of the molecule is COc1ccccc1C1c2cc(C(N)=O)ccc2CCN1c1nc(-c2nc3ccccc3o2)c(O)c(=O)n1C. The lowest BCUT2D eigenvalue weighted by molar-refractivity contribution is 0.1000. The largest absolute Gasteiger partial charge is 0.501 e. The second kappa shape index (κ2) is 9.32. The molecule has 196 valence electrons. The van der Waals surface area contributed by atoms with Crippen LogP contribution in [0.2, 0.25) is 0 Å². The van der Waals surface area contributed by atoms with E-state index < -0.39 is 23.3 Å². The number of ether oxygens (including phenoxy) is 1. The summed E-state index contributed by atoms with van der Waals surface area (Å²) in [4.78, 5) is 36.5. The van der Waals surface area contributed by atoms with Gasteiger partial charge in [0.2, 0.25) is 17.6 Å². The molecule has 3 aromatic carbocycles. The van der Waals surface area contributed by atoms with Crippen molar-refractivity contribution in [3.05, 3.63) is 99.3 Å². The van der Waals surface area contributed by atoms with Gasteiger partial charge in [0.1, 0.15) is 11.3 Å². The van der Waals surface area contributed by atoms with Crippen LogP contribution in [0.15, 0.2) is 75.9 Å². The van der Waals surface area contributed by atoms with Crippen molar-refractivity contribution in [3.63, 3.8) is 0 Å². The molecule has 39 heavy (non-hydrogen) atoms. The molecule has 0 saturated carbocycles. The highest BCUT2D eigenvalue weighted by molar-refractivity contribution is 5.93. The summed E-state index contributed by atoms with van der Waals surface area (Å²) in [5.74, 6) is -0.138. The van der Waals surface area contributed by atoms with Crippen LogP contribution in [0.5, 0.6) is 11.5 Å². The van der Waals surface area contributed by atoms with Crippen LogP contribution in [-0.4, -0.2) is 39.2 Å². The van der Waals surface area contributed by atoms with Crippen LogP contribution in [0.25, 0.3) is 22.7 Å². The molecule has 1 unspecified atom stereocenters. The predicted octanol–water partition coefficient (Wildman–Crippen LogP) is 3.55. The number of carbonyl (C=O) groups is 1. The minimum Gasteiger partial charge on any atom is -0.501 e. The van der Waals surface area contributed by atoms with Gasteiger partial charge < -0.3 is 24.9 Å². The van der Waals surface area contributed by atoms with Crippen molar-refractivity contribution in [2.45, 2.75) is 12.5 Å². The van der Waals surface area contributed by atoms with Gasteiger partial charge in [-0.15, -0.1) is 0 Å². The lowest BCUT2D eigenvalue weighted by atomic mass is 9.86. The zero-order valence-corrected chi connectivity index (χ0v) is 21.3. The van der Waals surface area contributed by atoms with Crippen molar-refractivity contribution in [1.82, 2.24) is 14.5 Å². The van der Waals surface area contributed by atoms with Gasteiger partial charge >= 0.3 is 0 Å². The average molecular weight is 524 g/mol. The number of aromatic nitrogens is 3. The molecule has 0 aliphatic carbocycles. The summed E-state index contributed by atoms with van der Waals surface area (Å²) in [6, 6.07) is 19.6. The number of anilines is 1. The number of carbonyl (C=O) groups excluding carboxylic acids is 1. The number of rotatable bonds is 5. The first-order valence-corrected chi connectivity index (χ1v) is 12.4. The van der Waals surface area contributed by atoms with E-state index in [1.165, 1.54) is 4.57 Å². The van der Waals surface area contributed by atoms with Crippen LogP contribution in [0, 0.1) is 0 Å². The van der Waals surface area contributed by atoms with Crippen molar-refractivity contribution in [2.75, 3.05) is 18.6 Å². The summed E-state index contributed by atoms with van der Waals surface area (Å²) >= 11 is 0. The first-order chi connectivity index (χ1) is 18.9. The van der Waals surface area contributed by atoms with Crippen molar-refractivity contribution >= 4 is 23.0 Å². The summed E-state index contributed by atoms with van der Waals surface area (Å²) in [5.41, 5.74) is 9.08. The smallest absolute Gasteiger partial charge is 0.297 e. The molecule has 5 aromatic rings. The van der Waals surface area contributed by atoms with Gasteiger partial charge in [-0.1, -0.05) is 36.4 Å². The van der Waals surface area contributed by atoms with E-state index in [2.05, 4.69) is 4.98 Å². The maximum absolute atomic E-state index is 13.3. The van der Waals surface area contributed by atoms with Crippen molar-refractivity contribution in [3.8, 4) is 23.1 Å². The number of benzene rings is 3. The van der Waals surface area contributed by atoms with E-state index in [1.807, 2.05) is 47.4 Å². The monoisotopic (exact) mass is 523 g/mol.